The van der Waals surface area contributed by atoms with Crippen LogP contribution in [0.2, 0.25) is 0 Å². The normalized spacial score (nSPS) is 30.3. The second-order valence-electron chi connectivity index (χ2n) is 8.24. The number of hydrogen-bond donors (Lipinski definition) is 0. The van der Waals surface area contributed by atoms with E-state index in [1.54, 1.807) is 19.1 Å². The van der Waals surface area contributed by atoms with E-state index >= 15 is 0 Å². The van der Waals surface area contributed by atoms with Crippen LogP contribution in [0.15, 0.2) is 29.2 Å². The van der Waals surface area contributed by atoms with Crippen molar-refractivity contribution in [2.24, 2.45) is 11.3 Å². The average Bonchev–Trinajstić information content (AvgIpc) is 2.97. The van der Waals surface area contributed by atoms with E-state index in [-0.39, 0.29) is 4.90 Å². The maximum Gasteiger partial charge on any atom is 0.328 e. The second kappa shape index (κ2) is 9.34. The first-order chi connectivity index (χ1) is 15.9. The molecule has 1 heterocycles. The summed E-state index contributed by atoms with van der Waals surface area (Å²) in [5.41, 5.74) is -1.57. The van der Waals surface area contributed by atoms with Gasteiger partial charge in [-0.3, -0.25) is 19.2 Å². The fourth-order valence-electron chi connectivity index (χ4n) is 4.71. The van der Waals surface area contributed by atoms with Crippen LogP contribution in [0, 0.1) is 18.3 Å². The number of fused-ring (bicyclic) bond motifs is 2. The summed E-state index contributed by atoms with van der Waals surface area (Å²) in [6.45, 7) is 3.90. The molecule has 1 aliphatic heterocycles. The summed E-state index contributed by atoms with van der Waals surface area (Å²) in [4.78, 5) is 50.2. The lowest BCUT2D eigenvalue weighted by Crippen LogP contribution is -2.67. The van der Waals surface area contributed by atoms with Gasteiger partial charge in [0, 0.05) is 26.9 Å². The molecule has 1 aromatic carbocycles. The molecule has 0 amide bonds. The van der Waals surface area contributed by atoms with Crippen LogP contribution in [0.5, 0.6) is 0 Å². The molecule has 186 valence electrons. The summed E-state index contributed by atoms with van der Waals surface area (Å²) in [5, 5.41) is 0. The first-order valence-corrected chi connectivity index (χ1v) is 12.0. The number of carbonyl (C=O) groups excluding carboxylic acids is 4. The van der Waals surface area contributed by atoms with E-state index in [1.807, 2.05) is 0 Å². The second-order valence-corrected chi connectivity index (χ2v) is 10.3. The molecule has 11 nitrogen and oxygen atoms in total. The molecule has 0 unspecified atom stereocenters. The Hall–Kier alpha value is -2.99. The monoisotopic (exact) mass is 498 g/mol. The van der Waals surface area contributed by atoms with Gasteiger partial charge < -0.3 is 23.7 Å². The van der Waals surface area contributed by atoms with Crippen LogP contribution < -0.4 is 0 Å². The van der Waals surface area contributed by atoms with Crippen molar-refractivity contribution in [3.8, 4) is 0 Å². The van der Waals surface area contributed by atoms with Gasteiger partial charge in [-0.15, -0.1) is 0 Å². The Morgan fingerprint density at radius 1 is 1.00 bits per heavy atom. The number of carbonyl (C=O) groups is 4. The molecule has 6 atom stereocenters. The molecule has 12 heteroatoms. The molecule has 0 aromatic heterocycles. The van der Waals surface area contributed by atoms with Crippen LogP contribution in [0.25, 0.3) is 0 Å². The summed E-state index contributed by atoms with van der Waals surface area (Å²) in [5.74, 6) is -6.15. The van der Waals surface area contributed by atoms with Crippen molar-refractivity contribution in [3.63, 3.8) is 0 Å². The molecule has 1 saturated carbocycles. The summed E-state index contributed by atoms with van der Waals surface area (Å²) >= 11 is 0. The van der Waals surface area contributed by atoms with Crippen molar-refractivity contribution in [2.75, 3.05) is 20.0 Å². The summed E-state index contributed by atoms with van der Waals surface area (Å²) in [6.07, 6.45) is -5.74. The number of aryl methyl sites for hydroxylation is 1. The zero-order valence-corrected chi connectivity index (χ0v) is 20.1. The van der Waals surface area contributed by atoms with E-state index in [1.165, 1.54) is 19.2 Å². The van der Waals surface area contributed by atoms with Crippen molar-refractivity contribution in [1.29, 1.82) is 0 Å². The van der Waals surface area contributed by atoms with Crippen LogP contribution in [-0.4, -0.2) is 76.7 Å². The number of methoxy groups -OCH3 is 2. The van der Waals surface area contributed by atoms with Gasteiger partial charge in [-0.25, -0.2) is 8.42 Å². The van der Waals surface area contributed by atoms with Crippen molar-refractivity contribution in [1.82, 2.24) is 0 Å². The summed E-state index contributed by atoms with van der Waals surface area (Å²) in [7, 11) is -1.85. The number of esters is 4. The quantitative estimate of drug-likeness (QED) is 0.291. The van der Waals surface area contributed by atoms with Gasteiger partial charge in [-0.05, 0) is 19.1 Å². The molecule has 2 fully saturated rings. The van der Waals surface area contributed by atoms with Crippen LogP contribution >= 0.6 is 0 Å². The highest BCUT2D eigenvalue weighted by atomic mass is 32.2. The van der Waals surface area contributed by atoms with Crippen LogP contribution in [0.1, 0.15) is 19.4 Å². The Balaban J connectivity index is 2.21. The van der Waals surface area contributed by atoms with Crippen LogP contribution in [0.3, 0.4) is 0 Å². The molecule has 1 aliphatic carbocycles. The first kappa shape index (κ1) is 25.6. The fourth-order valence-corrected chi connectivity index (χ4v) is 6.38. The number of sulfone groups is 1. The fraction of sp³-hybridized carbons (Fsp3) is 0.545. The lowest BCUT2D eigenvalue weighted by Gasteiger charge is -2.46. The third kappa shape index (κ3) is 4.16. The third-order valence-electron chi connectivity index (χ3n) is 6.13. The van der Waals surface area contributed by atoms with Gasteiger partial charge in [0.25, 0.3) is 0 Å². The minimum absolute atomic E-state index is 0.0370. The Morgan fingerprint density at radius 3 is 2.09 bits per heavy atom. The van der Waals surface area contributed by atoms with Crippen molar-refractivity contribution < 1.29 is 51.3 Å². The smallest absolute Gasteiger partial charge is 0.328 e. The van der Waals surface area contributed by atoms with Gasteiger partial charge in [0.15, 0.2) is 22.0 Å². The summed E-state index contributed by atoms with van der Waals surface area (Å²) in [6, 6.07) is 6.02. The Morgan fingerprint density at radius 2 is 1.59 bits per heavy atom. The average molecular weight is 499 g/mol. The molecule has 1 saturated heterocycles. The van der Waals surface area contributed by atoms with Gasteiger partial charge >= 0.3 is 23.9 Å². The molecule has 3 rings (SSSR count). The van der Waals surface area contributed by atoms with E-state index in [4.69, 9.17) is 23.7 Å². The number of hydrogen-bond acceptors (Lipinski definition) is 11. The Labute approximate surface area is 196 Å². The predicted molar refractivity (Wildman–Crippen MR) is 113 cm³/mol. The molecule has 2 aliphatic rings. The highest BCUT2D eigenvalue weighted by molar-refractivity contribution is 7.91. The SMILES string of the molecule is COC(=O)[C@@]12C(=O)O[C@@H]([C@H](OC)[C@@H](OC(C)=O)[C@H]1OC(C)=O)[C@@H]2CS(=O)(=O)c1ccc(C)cc1. The highest BCUT2D eigenvalue weighted by Gasteiger charge is 2.77. The molecular weight excluding hydrogens is 472 g/mol. The summed E-state index contributed by atoms with van der Waals surface area (Å²) < 4.78 is 53.0. The van der Waals surface area contributed by atoms with Gasteiger partial charge in [-0.1, -0.05) is 17.7 Å². The van der Waals surface area contributed by atoms with Gasteiger partial charge in [-0.2, -0.15) is 0 Å². The van der Waals surface area contributed by atoms with Gasteiger partial charge in [0.2, 0.25) is 5.41 Å². The van der Waals surface area contributed by atoms with Crippen molar-refractivity contribution >= 4 is 33.7 Å². The van der Waals surface area contributed by atoms with Gasteiger partial charge in [0.05, 0.1) is 17.8 Å². The largest absolute Gasteiger partial charge is 0.468 e. The first-order valence-electron chi connectivity index (χ1n) is 10.4. The molecule has 1 aromatic rings. The standard InChI is InChI=1S/C22H26O11S/c1-11-6-8-14(9-7-11)34(27,28)10-15-16-17(29-4)18(31-12(2)23)19(32-13(3)24)22(15,20(25)30-5)21(26)33-16/h6-9,15-19H,10H2,1-5H3/t15-,16+,17-,18+,19+,22-/m0/s1. The lowest BCUT2D eigenvalue weighted by molar-refractivity contribution is -0.217. The van der Waals surface area contributed by atoms with E-state index < -0.39 is 75.2 Å². The maximum absolute atomic E-state index is 13.3. The van der Waals surface area contributed by atoms with Crippen LogP contribution in [-0.2, 0) is 52.7 Å². The molecule has 2 bridgehead atoms. The van der Waals surface area contributed by atoms with Crippen molar-refractivity contribution in [2.45, 2.75) is 50.1 Å². The molecule has 0 spiro atoms. The third-order valence-corrected chi connectivity index (χ3v) is 7.91. The van der Waals surface area contributed by atoms with E-state index in [2.05, 4.69) is 0 Å². The number of ether oxygens (including phenoxy) is 5. The van der Waals surface area contributed by atoms with E-state index in [0.29, 0.717) is 0 Å². The zero-order valence-electron chi connectivity index (χ0n) is 19.3. The minimum Gasteiger partial charge on any atom is -0.468 e. The highest BCUT2D eigenvalue weighted by Crippen LogP contribution is 2.54. The number of rotatable bonds is 7. The lowest BCUT2D eigenvalue weighted by atomic mass is 9.63. The predicted octanol–water partition coefficient (Wildman–Crippen LogP) is 0.362. The molecule has 34 heavy (non-hydrogen) atoms. The Kier molecular flexibility index (Phi) is 7.04. The van der Waals surface area contributed by atoms with Crippen LogP contribution in [0.4, 0.5) is 0 Å². The minimum atomic E-state index is -4.07. The van der Waals surface area contributed by atoms with Gasteiger partial charge in [0.1, 0.15) is 12.2 Å². The molecule has 0 radical (unpaired) electrons. The zero-order chi connectivity index (χ0) is 25.4. The number of benzene rings is 1. The van der Waals surface area contributed by atoms with Crippen molar-refractivity contribution in [3.05, 3.63) is 29.8 Å². The Bertz CT molecular complexity index is 1090. The molecular formula is C22H26O11S. The van der Waals surface area contributed by atoms with E-state index in [9.17, 15) is 27.6 Å². The maximum atomic E-state index is 13.3. The van der Waals surface area contributed by atoms with E-state index in [0.717, 1.165) is 26.5 Å². The topological polar surface area (TPSA) is 149 Å². The molecule has 0 N–H and O–H groups in total.